The maximum absolute atomic E-state index is 5.83. The minimum Gasteiger partial charge on any atom is -0.379 e. The molecule has 2 radical (unpaired) electrons. The van der Waals surface area contributed by atoms with Crippen LogP contribution in [-0.4, -0.2) is 69.2 Å². The van der Waals surface area contributed by atoms with Crippen molar-refractivity contribution in [2.24, 2.45) is 0 Å². The molecule has 0 spiro atoms. The average Bonchev–Trinajstić information content (AvgIpc) is 2.43. The molecular weight excluding hydrogens is 320 g/mol. The fourth-order valence-electron chi connectivity index (χ4n) is 2.25. The van der Waals surface area contributed by atoms with E-state index < -0.39 is 18.1 Å². The minimum absolute atomic E-state index is 0.0228. The maximum Gasteiger partial charge on any atom is 0.288 e. The Kier molecular flexibility index (Phi) is 9.16. The molecule has 0 aliphatic carbocycles. The summed E-state index contributed by atoms with van der Waals surface area (Å²) in [5.41, 5.74) is 0.0456. The predicted octanol–water partition coefficient (Wildman–Crippen LogP) is 1.65. The first-order valence-electron chi connectivity index (χ1n) is 8.17. The van der Waals surface area contributed by atoms with E-state index in [1.54, 1.807) is 0 Å². The smallest absolute Gasteiger partial charge is 0.288 e. The Morgan fingerprint density at radius 3 is 1.55 bits per heavy atom. The monoisotopic (exact) mass is 348 g/mol. The quantitative estimate of drug-likeness (QED) is 0.428. The van der Waals surface area contributed by atoms with Gasteiger partial charge in [-0.25, -0.2) is 0 Å². The fourth-order valence-corrected chi connectivity index (χ4v) is 4.93. The molecule has 2 unspecified atom stereocenters. The van der Waals surface area contributed by atoms with E-state index in [0.29, 0.717) is 13.2 Å². The topological polar surface area (TPSA) is 55.4 Å². The van der Waals surface area contributed by atoms with Gasteiger partial charge in [-0.15, -0.1) is 0 Å². The summed E-state index contributed by atoms with van der Waals surface area (Å²) in [7, 11) is -2.44. The molecular formula is C14H28O6Si2. The van der Waals surface area contributed by atoms with Crippen molar-refractivity contribution in [3.63, 3.8) is 0 Å². The molecule has 0 amide bonds. The van der Waals surface area contributed by atoms with Crippen molar-refractivity contribution in [2.45, 2.75) is 50.2 Å². The van der Waals surface area contributed by atoms with Gasteiger partial charge in [-0.05, 0) is 38.8 Å². The van der Waals surface area contributed by atoms with Crippen LogP contribution in [0.4, 0.5) is 0 Å². The molecule has 8 heteroatoms. The molecule has 0 saturated carbocycles. The molecule has 2 atom stereocenters. The third-order valence-electron chi connectivity index (χ3n) is 3.75. The van der Waals surface area contributed by atoms with Gasteiger partial charge in [0.05, 0.1) is 13.2 Å². The van der Waals surface area contributed by atoms with Gasteiger partial charge in [0.2, 0.25) is 0 Å². The second-order valence-electron chi connectivity index (χ2n) is 5.67. The zero-order valence-corrected chi connectivity index (χ0v) is 15.7. The Hall–Kier alpha value is 0.194. The Morgan fingerprint density at radius 1 is 0.682 bits per heavy atom. The van der Waals surface area contributed by atoms with Gasteiger partial charge in [-0.3, -0.25) is 9.15 Å². The number of hydrogen-bond acceptors (Lipinski definition) is 6. The van der Waals surface area contributed by atoms with E-state index in [1.165, 1.54) is 0 Å². The highest BCUT2D eigenvalue weighted by Crippen LogP contribution is 2.11. The molecule has 128 valence electrons. The summed E-state index contributed by atoms with van der Waals surface area (Å²) in [5, 5.41) is 0. The fraction of sp³-hybridized carbons (Fsp3) is 1.00. The van der Waals surface area contributed by atoms with Gasteiger partial charge < -0.3 is 18.9 Å². The third-order valence-corrected chi connectivity index (χ3v) is 7.09. The van der Waals surface area contributed by atoms with Crippen LogP contribution in [-0.2, 0) is 28.1 Å². The SMILES string of the molecule is C[Si](OO[Si](C)C1COCCCCO1)C1COCCCCO1. The van der Waals surface area contributed by atoms with E-state index in [0.717, 1.165) is 52.1 Å². The molecule has 0 aromatic rings. The molecule has 2 saturated heterocycles. The van der Waals surface area contributed by atoms with Gasteiger partial charge in [-0.2, -0.15) is 0 Å². The lowest BCUT2D eigenvalue weighted by Crippen LogP contribution is -2.43. The Bertz CT molecular complexity index is 253. The maximum atomic E-state index is 5.83. The van der Waals surface area contributed by atoms with Crippen LogP contribution in [0.25, 0.3) is 0 Å². The van der Waals surface area contributed by atoms with Crippen LogP contribution in [0.2, 0.25) is 13.1 Å². The summed E-state index contributed by atoms with van der Waals surface area (Å²) >= 11 is 0. The van der Waals surface area contributed by atoms with Crippen molar-refractivity contribution in [1.82, 2.24) is 0 Å². The van der Waals surface area contributed by atoms with Crippen LogP contribution in [0, 0.1) is 0 Å². The number of ether oxygens (including phenoxy) is 4. The molecule has 2 heterocycles. The van der Waals surface area contributed by atoms with Gasteiger partial charge in [0, 0.05) is 26.4 Å². The van der Waals surface area contributed by atoms with Crippen LogP contribution in [0.3, 0.4) is 0 Å². The van der Waals surface area contributed by atoms with Crippen LogP contribution >= 0.6 is 0 Å². The minimum atomic E-state index is -1.22. The second kappa shape index (κ2) is 10.9. The second-order valence-corrected chi connectivity index (χ2v) is 9.73. The van der Waals surface area contributed by atoms with Crippen LogP contribution in [0.5, 0.6) is 0 Å². The molecule has 6 nitrogen and oxygen atoms in total. The van der Waals surface area contributed by atoms with Gasteiger partial charge in [0.25, 0.3) is 18.1 Å². The summed E-state index contributed by atoms with van der Waals surface area (Å²) in [6.07, 6.45) is 4.22. The molecule has 22 heavy (non-hydrogen) atoms. The molecule has 2 aliphatic heterocycles. The molecule has 0 N–H and O–H groups in total. The van der Waals surface area contributed by atoms with Crippen molar-refractivity contribution in [2.75, 3.05) is 39.6 Å². The third kappa shape index (κ3) is 6.75. The lowest BCUT2D eigenvalue weighted by molar-refractivity contribution is -0.136. The van der Waals surface area contributed by atoms with Crippen LogP contribution < -0.4 is 0 Å². The lowest BCUT2D eigenvalue weighted by Gasteiger charge is -2.27. The molecule has 0 aromatic carbocycles. The first kappa shape index (κ1) is 18.5. The number of hydrogen-bond donors (Lipinski definition) is 0. The lowest BCUT2D eigenvalue weighted by atomic mass is 10.3. The van der Waals surface area contributed by atoms with Crippen molar-refractivity contribution in [3.8, 4) is 0 Å². The zero-order chi connectivity index (χ0) is 15.6. The predicted molar refractivity (Wildman–Crippen MR) is 85.0 cm³/mol. The summed E-state index contributed by atoms with van der Waals surface area (Å²) in [6.45, 7) is 8.51. The van der Waals surface area contributed by atoms with Crippen molar-refractivity contribution >= 4 is 18.1 Å². The first-order valence-corrected chi connectivity index (χ1v) is 12.1. The summed E-state index contributed by atoms with van der Waals surface area (Å²) in [5.74, 6) is 0. The van der Waals surface area contributed by atoms with Gasteiger partial charge >= 0.3 is 0 Å². The molecule has 2 rings (SSSR count). The average molecular weight is 349 g/mol. The normalized spacial score (nSPS) is 28.9. The van der Waals surface area contributed by atoms with E-state index in [2.05, 4.69) is 13.1 Å². The van der Waals surface area contributed by atoms with Crippen molar-refractivity contribution in [3.05, 3.63) is 0 Å². The largest absolute Gasteiger partial charge is 0.379 e. The summed E-state index contributed by atoms with van der Waals surface area (Å²) in [6, 6.07) is 0. The van der Waals surface area contributed by atoms with E-state index in [-0.39, 0.29) is 11.5 Å². The van der Waals surface area contributed by atoms with E-state index in [1.807, 2.05) is 0 Å². The highest BCUT2D eigenvalue weighted by atomic mass is 28.3. The first-order chi connectivity index (χ1) is 10.8. The molecule has 2 fully saturated rings. The molecule has 0 bridgehead atoms. The van der Waals surface area contributed by atoms with E-state index in [9.17, 15) is 0 Å². The van der Waals surface area contributed by atoms with E-state index in [4.69, 9.17) is 28.1 Å². The van der Waals surface area contributed by atoms with Crippen LogP contribution in [0.15, 0.2) is 0 Å². The molecule has 2 aliphatic rings. The van der Waals surface area contributed by atoms with Gasteiger partial charge in [0.1, 0.15) is 11.5 Å². The van der Waals surface area contributed by atoms with E-state index >= 15 is 0 Å². The van der Waals surface area contributed by atoms with Crippen molar-refractivity contribution < 1.29 is 28.1 Å². The standard InChI is InChI=1S/C14H28O6Si2/c1-21(13-11-15-7-3-5-9-17-13)19-20-22(2)14-12-16-8-4-6-10-18-14/h13-14H,3-12H2,1-2H3. The Labute approximate surface area is 136 Å². The highest BCUT2D eigenvalue weighted by Gasteiger charge is 2.29. The van der Waals surface area contributed by atoms with Crippen molar-refractivity contribution in [1.29, 1.82) is 0 Å². The highest BCUT2D eigenvalue weighted by molar-refractivity contribution is 6.54. The van der Waals surface area contributed by atoms with Gasteiger partial charge in [-0.1, -0.05) is 0 Å². The Balaban J connectivity index is 1.70. The van der Waals surface area contributed by atoms with Crippen LogP contribution in [0.1, 0.15) is 25.7 Å². The Morgan fingerprint density at radius 2 is 1.09 bits per heavy atom. The number of rotatable bonds is 5. The summed E-state index contributed by atoms with van der Waals surface area (Å²) < 4.78 is 34.2. The van der Waals surface area contributed by atoms with Gasteiger partial charge in [0.15, 0.2) is 0 Å². The molecule has 0 aromatic heterocycles. The summed E-state index contributed by atoms with van der Waals surface area (Å²) in [4.78, 5) is 0. The zero-order valence-electron chi connectivity index (χ0n) is 13.7.